The summed E-state index contributed by atoms with van der Waals surface area (Å²) < 4.78 is 7.58. The molecule has 102 valence electrons. The molecule has 2 aromatic rings. The predicted octanol–water partition coefficient (Wildman–Crippen LogP) is 1.86. The topological polar surface area (TPSA) is 52.0 Å². The second-order valence-electron chi connectivity index (χ2n) is 4.19. The summed E-state index contributed by atoms with van der Waals surface area (Å²) in [5, 5.41) is 7.48. The van der Waals surface area contributed by atoms with Crippen LogP contribution in [0.1, 0.15) is 19.2 Å². The molecule has 0 bridgehead atoms. The Bertz CT molecular complexity index is 469. The molecule has 0 saturated carbocycles. The van der Waals surface area contributed by atoms with Gasteiger partial charge in [0, 0.05) is 13.0 Å². The molecule has 1 aromatic heterocycles. The average molecular weight is 260 g/mol. The Morgan fingerprint density at radius 3 is 2.89 bits per heavy atom. The number of ether oxygens (including phenoxy) is 1. The number of benzene rings is 1. The van der Waals surface area contributed by atoms with Gasteiger partial charge in [-0.1, -0.05) is 25.1 Å². The van der Waals surface area contributed by atoms with Gasteiger partial charge in [0.05, 0.1) is 13.2 Å². The van der Waals surface area contributed by atoms with E-state index in [9.17, 15) is 0 Å². The second-order valence-corrected chi connectivity index (χ2v) is 4.19. The molecule has 0 unspecified atom stereocenters. The number of hydrogen-bond acceptors (Lipinski definition) is 4. The van der Waals surface area contributed by atoms with Gasteiger partial charge >= 0.3 is 0 Å². The quantitative estimate of drug-likeness (QED) is 0.736. The zero-order valence-corrected chi connectivity index (χ0v) is 11.2. The number of aromatic nitrogens is 3. The number of hydrogen-bond donors (Lipinski definition) is 1. The SMILES string of the molecule is CCNCc1ncnn1CCCOc1ccccc1. The minimum Gasteiger partial charge on any atom is -0.494 e. The van der Waals surface area contributed by atoms with Gasteiger partial charge in [0.2, 0.25) is 0 Å². The lowest BCUT2D eigenvalue weighted by Crippen LogP contribution is -2.17. The highest BCUT2D eigenvalue weighted by Crippen LogP contribution is 2.08. The highest BCUT2D eigenvalue weighted by atomic mass is 16.5. The van der Waals surface area contributed by atoms with Gasteiger partial charge < -0.3 is 10.1 Å². The molecular formula is C14H20N4O. The van der Waals surface area contributed by atoms with Crippen molar-refractivity contribution in [1.82, 2.24) is 20.1 Å². The fraction of sp³-hybridized carbons (Fsp3) is 0.429. The summed E-state index contributed by atoms with van der Waals surface area (Å²) in [6.45, 7) is 5.28. The van der Waals surface area contributed by atoms with Crippen LogP contribution in [-0.4, -0.2) is 27.9 Å². The summed E-state index contributed by atoms with van der Waals surface area (Å²) in [4.78, 5) is 4.24. The lowest BCUT2D eigenvalue weighted by Gasteiger charge is -2.08. The van der Waals surface area contributed by atoms with Crippen molar-refractivity contribution in [2.75, 3.05) is 13.2 Å². The smallest absolute Gasteiger partial charge is 0.140 e. The Morgan fingerprint density at radius 1 is 1.26 bits per heavy atom. The summed E-state index contributed by atoms with van der Waals surface area (Å²) in [7, 11) is 0. The molecule has 1 aromatic carbocycles. The van der Waals surface area contributed by atoms with Crippen LogP contribution in [0, 0.1) is 0 Å². The van der Waals surface area contributed by atoms with Gasteiger partial charge in [0.25, 0.3) is 0 Å². The fourth-order valence-electron chi connectivity index (χ4n) is 1.77. The van der Waals surface area contributed by atoms with Crippen LogP contribution >= 0.6 is 0 Å². The van der Waals surface area contributed by atoms with Gasteiger partial charge in [-0.3, -0.25) is 0 Å². The first-order valence-electron chi connectivity index (χ1n) is 6.65. The zero-order valence-electron chi connectivity index (χ0n) is 11.2. The lowest BCUT2D eigenvalue weighted by molar-refractivity contribution is 0.297. The molecule has 0 spiro atoms. The molecule has 0 saturated heterocycles. The van der Waals surface area contributed by atoms with Gasteiger partial charge in [0.1, 0.15) is 17.9 Å². The van der Waals surface area contributed by atoms with Gasteiger partial charge in [-0.15, -0.1) is 0 Å². The van der Waals surface area contributed by atoms with Crippen molar-refractivity contribution in [3.05, 3.63) is 42.5 Å². The molecule has 2 rings (SSSR count). The Hall–Kier alpha value is -1.88. The number of para-hydroxylation sites is 1. The minimum atomic E-state index is 0.685. The third kappa shape index (κ3) is 4.37. The Labute approximate surface area is 113 Å². The summed E-state index contributed by atoms with van der Waals surface area (Å²) >= 11 is 0. The van der Waals surface area contributed by atoms with E-state index >= 15 is 0 Å². The average Bonchev–Trinajstić information content (AvgIpc) is 2.90. The van der Waals surface area contributed by atoms with Crippen molar-refractivity contribution in [1.29, 1.82) is 0 Å². The van der Waals surface area contributed by atoms with Crippen molar-refractivity contribution >= 4 is 0 Å². The van der Waals surface area contributed by atoms with Gasteiger partial charge in [-0.2, -0.15) is 5.10 Å². The summed E-state index contributed by atoms with van der Waals surface area (Å²) in [5.74, 6) is 1.88. The van der Waals surface area contributed by atoms with Crippen LogP contribution in [0.15, 0.2) is 36.7 Å². The Balaban J connectivity index is 1.72. The number of aryl methyl sites for hydroxylation is 1. The van der Waals surface area contributed by atoms with Crippen molar-refractivity contribution in [3.63, 3.8) is 0 Å². The summed E-state index contributed by atoms with van der Waals surface area (Å²) in [6.07, 6.45) is 2.52. The van der Waals surface area contributed by atoms with Gasteiger partial charge in [0.15, 0.2) is 0 Å². The second kappa shape index (κ2) is 7.53. The van der Waals surface area contributed by atoms with E-state index in [0.717, 1.165) is 37.6 Å². The number of nitrogens with one attached hydrogen (secondary N) is 1. The monoisotopic (exact) mass is 260 g/mol. The van der Waals surface area contributed by atoms with E-state index in [-0.39, 0.29) is 0 Å². The summed E-state index contributed by atoms with van der Waals surface area (Å²) in [5.41, 5.74) is 0. The van der Waals surface area contributed by atoms with E-state index in [1.54, 1.807) is 6.33 Å². The van der Waals surface area contributed by atoms with E-state index in [4.69, 9.17) is 4.74 Å². The Kier molecular flexibility index (Phi) is 5.37. The van der Waals surface area contributed by atoms with Crippen molar-refractivity contribution in [2.24, 2.45) is 0 Å². The molecule has 0 radical (unpaired) electrons. The highest BCUT2D eigenvalue weighted by Gasteiger charge is 2.03. The van der Waals surface area contributed by atoms with Crippen molar-refractivity contribution in [2.45, 2.75) is 26.4 Å². The molecule has 0 aliphatic carbocycles. The van der Waals surface area contributed by atoms with Crippen molar-refractivity contribution in [3.8, 4) is 5.75 Å². The molecule has 0 aliphatic rings. The first-order chi connectivity index (χ1) is 9.40. The largest absolute Gasteiger partial charge is 0.494 e. The predicted molar refractivity (Wildman–Crippen MR) is 74.0 cm³/mol. The van der Waals surface area contributed by atoms with E-state index in [2.05, 4.69) is 22.3 Å². The maximum atomic E-state index is 5.65. The molecule has 1 heterocycles. The van der Waals surface area contributed by atoms with Crippen LogP contribution in [-0.2, 0) is 13.1 Å². The molecular weight excluding hydrogens is 240 g/mol. The number of nitrogens with zero attached hydrogens (tertiary/aromatic N) is 3. The highest BCUT2D eigenvalue weighted by molar-refractivity contribution is 5.20. The normalized spacial score (nSPS) is 10.6. The van der Waals surface area contributed by atoms with E-state index in [1.807, 2.05) is 35.0 Å². The van der Waals surface area contributed by atoms with Crippen LogP contribution in [0.3, 0.4) is 0 Å². The minimum absolute atomic E-state index is 0.685. The molecule has 0 aliphatic heterocycles. The van der Waals surface area contributed by atoms with Gasteiger partial charge in [-0.05, 0) is 18.7 Å². The maximum Gasteiger partial charge on any atom is 0.140 e. The molecule has 0 atom stereocenters. The van der Waals surface area contributed by atoms with E-state index < -0.39 is 0 Å². The van der Waals surface area contributed by atoms with Crippen molar-refractivity contribution < 1.29 is 4.74 Å². The molecule has 1 N–H and O–H groups in total. The molecule has 0 fully saturated rings. The van der Waals surface area contributed by atoms with Crippen LogP contribution < -0.4 is 10.1 Å². The fourth-order valence-corrected chi connectivity index (χ4v) is 1.77. The third-order valence-electron chi connectivity index (χ3n) is 2.76. The molecule has 5 heteroatoms. The van der Waals surface area contributed by atoms with Gasteiger partial charge in [-0.25, -0.2) is 9.67 Å². The van der Waals surface area contributed by atoms with E-state index in [1.165, 1.54) is 0 Å². The van der Waals surface area contributed by atoms with Crippen LogP contribution in [0.2, 0.25) is 0 Å². The number of rotatable bonds is 8. The third-order valence-corrected chi connectivity index (χ3v) is 2.76. The molecule has 0 amide bonds. The summed E-state index contributed by atoms with van der Waals surface area (Å²) in [6, 6.07) is 9.86. The maximum absolute atomic E-state index is 5.65. The first-order valence-corrected chi connectivity index (χ1v) is 6.65. The molecule has 5 nitrogen and oxygen atoms in total. The van der Waals surface area contributed by atoms with E-state index in [0.29, 0.717) is 6.61 Å². The molecule has 19 heavy (non-hydrogen) atoms. The van der Waals surface area contributed by atoms with Crippen LogP contribution in [0.4, 0.5) is 0 Å². The standard InChI is InChI=1S/C14H20N4O/c1-2-15-11-14-16-12-17-18(14)9-6-10-19-13-7-4-3-5-8-13/h3-5,7-8,12,15H,2,6,9-11H2,1H3. The first kappa shape index (κ1) is 13.5. The van der Waals surface area contributed by atoms with Crippen LogP contribution in [0.5, 0.6) is 5.75 Å². The zero-order chi connectivity index (χ0) is 13.3. The van der Waals surface area contributed by atoms with Crippen LogP contribution in [0.25, 0.3) is 0 Å². The Morgan fingerprint density at radius 2 is 2.11 bits per heavy atom. The lowest BCUT2D eigenvalue weighted by atomic mass is 10.3.